The first-order valence-corrected chi connectivity index (χ1v) is 4.54. The molecule has 2 N–H and O–H groups in total. The lowest BCUT2D eigenvalue weighted by Crippen LogP contribution is -2.01. The Labute approximate surface area is 79.0 Å². The third kappa shape index (κ3) is 1.65. The number of hydrogen-bond acceptors (Lipinski definition) is 2. The fourth-order valence-electron chi connectivity index (χ4n) is 1.56. The van der Waals surface area contributed by atoms with Crippen LogP contribution in [0.1, 0.15) is 30.5 Å². The van der Waals surface area contributed by atoms with Crippen LogP contribution in [-0.2, 0) is 12.8 Å². The number of nitriles is 1. The Morgan fingerprint density at radius 2 is 2.00 bits per heavy atom. The number of nitrogens with two attached hydrogens (primary N) is 1. The number of aryl methyl sites for hydroxylation is 1. The lowest BCUT2D eigenvalue weighted by atomic mass is 9.98. The molecule has 68 valence electrons. The van der Waals surface area contributed by atoms with Crippen molar-refractivity contribution in [2.45, 2.75) is 26.7 Å². The third-order valence-electron chi connectivity index (χ3n) is 2.31. The van der Waals surface area contributed by atoms with Gasteiger partial charge in [-0.15, -0.1) is 0 Å². The highest BCUT2D eigenvalue weighted by molar-refractivity contribution is 5.61. The Morgan fingerprint density at radius 3 is 2.46 bits per heavy atom. The van der Waals surface area contributed by atoms with Gasteiger partial charge in [0.25, 0.3) is 0 Å². The van der Waals surface area contributed by atoms with E-state index in [1.54, 1.807) is 6.07 Å². The molecule has 0 bridgehead atoms. The molecule has 0 heterocycles. The molecule has 0 aliphatic rings. The molecular formula is C11H14N2. The van der Waals surface area contributed by atoms with Crippen molar-refractivity contribution < 1.29 is 0 Å². The van der Waals surface area contributed by atoms with Crippen molar-refractivity contribution in [1.82, 2.24) is 0 Å². The molecule has 0 radical (unpaired) electrons. The molecule has 0 aromatic heterocycles. The summed E-state index contributed by atoms with van der Waals surface area (Å²) < 4.78 is 0. The number of nitrogens with zero attached hydrogens (tertiary/aromatic N) is 1. The van der Waals surface area contributed by atoms with Crippen LogP contribution < -0.4 is 5.73 Å². The zero-order chi connectivity index (χ0) is 9.84. The van der Waals surface area contributed by atoms with Crippen LogP contribution in [0.5, 0.6) is 0 Å². The van der Waals surface area contributed by atoms with Crippen molar-refractivity contribution >= 4 is 5.69 Å². The topological polar surface area (TPSA) is 49.8 Å². The summed E-state index contributed by atoms with van der Waals surface area (Å²) >= 11 is 0. The van der Waals surface area contributed by atoms with E-state index in [0.29, 0.717) is 11.3 Å². The summed E-state index contributed by atoms with van der Waals surface area (Å²) in [5, 5.41) is 8.77. The zero-order valence-electron chi connectivity index (χ0n) is 8.09. The van der Waals surface area contributed by atoms with Gasteiger partial charge in [0.15, 0.2) is 0 Å². The highest BCUT2D eigenvalue weighted by Crippen LogP contribution is 2.22. The number of benzene rings is 1. The second-order valence-electron chi connectivity index (χ2n) is 2.98. The smallest absolute Gasteiger partial charge is 0.101 e. The quantitative estimate of drug-likeness (QED) is 0.699. The summed E-state index contributed by atoms with van der Waals surface area (Å²) in [7, 11) is 0. The van der Waals surface area contributed by atoms with E-state index in [2.05, 4.69) is 19.9 Å². The zero-order valence-corrected chi connectivity index (χ0v) is 8.09. The van der Waals surface area contributed by atoms with E-state index in [1.165, 1.54) is 5.56 Å². The molecule has 0 fully saturated rings. The molecule has 0 saturated heterocycles. The van der Waals surface area contributed by atoms with Gasteiger partial charge in [-0.2, -0.15) is 5.26 Å². The molecule has 1 aromatic rings. The highest BCUT2D eigenvalue weighted by Gasteiger charge is 2.07. The Hall–Kier alpha value is -1.49. The standard InChI is InChI=1S/C11H14N2/c1-3-8-5-6-9(7-12)11(13)10(8)4-2/h5-6H,3-4,13H2,1-2H3. The average Bonchev–Trinajstić information content (AvgIpc) is 2.17. The van der Waals surface area contributed by atoms with E-state index >= 15 is 0 Å². The van der Waals surface area contributed by atoms with Gasteiger partial charge in [0.2, 0.25) is 0 Å². The minimum absolute atomic E-state index is 0.592. The van der Waals surface area contributed by atoms with E-state index in [0.717, 1.165) is 18.4 Å². The van der Waals surface area contributed by atoms with Crippen LogP contribution >= 0.6 is 0 Å². The molecule has 1 aromatic carbocycles. The molecule has 0 unspecified atom stereocenters. The molecule has 0 spiro atoms. The van der Waals surface area contributed by atoms with E-state index in [1.807, 2.05) is 6.07 Å². The summed E-state index contributed by atoms with van der Waals surface area (Å²) in [6.45, 7) is 4.16. The number of nitrogen functional groups attached to an aromatic ring is 1. The largest absolute Gasteiger partial charge is 0.397 e. The SMILES string of the molecule is CCc1ccc(C#N)c(N)c1CC. The molecule has 0 aliphatic heterocycles. The van der Waals surface area contributed by atoms with Crippen LogP contribution in [0.15, 0.2) is 12.1 Å². The Bertz CT molecular complexity index is 348. The first kappa shape index (κ1) is 9.60. The van der Waals surface area contributed by atoms with E-state index in [4.69, 9.17) is 11.0 Å². The van der Waals surface area contributed by atoms with Gasteiger partial charge in [-0.3, -0.25) is 0 Å². The van der Waals surface area contributed by atoms with Gasteiger partial charge in [0, 0.05) is 0 Å². The molecule has 0 saturated carbocycles. The van der Waals surface area contributed by atoms with Crippen LogP contribution in [0.4, 0.5) is 5.69 Å². The Morgan fingerprint density at radius 1 is 1.31 bits per heavy atom. The maximum atomic E-state index is 8.77. The molecule has 2 heteroatoms. The van der Waals surface area contributed by atoms with E-state index in [-0.39, 0.29) is 0 Å². The van der Waals surface area contributed by atoms with Gasteiger partial charge in [0.05, 0.1) is 11.3 Å². The summed E-state index contributed by atoms with van der Waals surface area (Å²) in [5.74, 6) is 0. The van der Waals surface area contributed by atoms with Crippen LogP contribution in [0.2, 0.25) is 0 Å². The maximum Gasteiger partial charge on any atom is 0.101 e. The summed E-state index contributed by atoms with van der Waals surface area (Å²) in [5.41, 5.74) is 9.48. The summed E-state index contributed by atoms with van der Waals surface area (Å²) in [6, 6.07) is 5.89. The van der Waals surface area contributed by atoms with Crippen molar-refractivity contribution in [3.63, 3.8) is 0 Å². The third-order valence-corrected chi connectivity index (χ3v) is 2.31. The molecule has 0 aliphatic carbocycles. The second kappa shape index (κ2) is 3.95. The Kier molecular flexibility index (Phi) is 2.92. The fourth-order valence-corrected chi connectivity index (χ4v) is 1.56. The fraction of sp³-hybridized carbons (Fsp3) is 0.364. The Balaban J connectivity index is 3.34. The van der Waals surface area contributed by atoms with Crippen LogP contribution in [0.25, 0.3) is 0 Å². The summed E-state index contributed by atoms with van der Waals surface area (Å²) in [4.78, 5) is 0. The first-order valence-electron chi connectivity index (χ1n) is 4.54. The lowest BCUT2D eigenvalue weighted by Gasteiger charge is -2.09. The molecule has 13 heavy (non-hydrogen) atoms. The average molecular weight is 174 g/mol. The highest BCUT2D eigenvalue weighted by atomic mass is 14.6. The van der Waals surface area contributed by atoms with Crippen molar-refractivity contribution in [3.8, 4) is 6.07 Å². The number of hydrogen-bond donors (Lipinski definition) is 1. The normalized spacial score (nSPS) is 9.62. The van der Waals surface area contributed by atoms with E-state index < -0.39 is 0 Å². The molecule has 0 atom stereocenters. The first-order chi connectivity index (χ1) is 6.24. The van der Waals surface area contributed by atoms with Gasteiger partial charge in [0.1, 0.15) is 6.07 Å². The molecule has 0 amide bonds. The van der Waals surface area contributed by atoms with Crippen LogP contribution in [0.3, 0.4) is 0 Å². The van der Waals surface area contributed by atoms with Gasteiger partial charge in [-0.1, -0.05) is 19.9 Å². The number of anilines is 1. The van der Waals surface area contributed by atoms with E-state index in [9.17, 15) is 0 Å². The molecule has 2 nitrogen and oxygen atoms in total. The lowest BCUT2D eigenvalue weighted by molar-refractivity contribution is 1.04. The van der Waals surface area contributed by atoms with Crippen molar-refractivity contribution in [3.05, 3.63) is 28.8 Å². The minimum atomic E-state index is 0.592. The molecule has 1 rings (SSSR count). The molecular weight excluding hydrogens is 160 g/mol. The van der Waals surface area contributed by atoms with Gasteiger partial charge < -0.3 is 5.73 Å². The van der Waals surface area contributed by atoms with Gasteiger partial charge in [-0.05, 0) is 30.0 Å². The minimum Gasteiger partial charge on any atom is -0.397 e. The van der Waals surface area contributed by atoms with Crippen molar-refractivity contribution in [2.75, 3.05) is 5.73 Å². The maximum absolute atomic E-state index is 8.77. The summed E-state index contributed by atoms with van der Waals surface area (Å²) in [6.07, 6.45) is 1.86. The predicted molar refractivity (Wildman–Crippen MR) is 54.3 cm³/mol. The van der Waals surface area contributed by atoms with Crippen molar-refractivity contribution in [2.24, 2.45) is 0 Å². The van der Waals surface area contributed by atoms with Crippen LogP contribution in [-0.4, -0.2) is 0 Å². The van der Waals surface area contributed by atoms with Gasteiger partial charge in [-0.25, -0.2) is 0 Å². The second-order valence-corrected chi connectivity index (χ2v) is 2.98. The van der Waals surface area contributed by atoms with Crippen molar-refractivity contribution in [1.29, 1.82) is 5.26 Å². The van der Waals surface area contributed by atoms with Crippen LogP contribution in [0, 0.1) is 11.3 Å². The predicted octanol–water partition coefficient (Wildman–Crippen LogP) is 2.27. The monoisotopic (exact) mass is 174 g/mol. The number of rotatable bonds is 2. The van der Waals surface area contributed by atoms with Gasteiger partial charge >= 0.3 is 0 Å².